The van der Waals surface area contributed by atoms with E-state index in [9.17, 15) is 4.79 Å². The summed E-state index contributed by atoms with van der Waals surface area (Å²) in [5.41, 5.74) is 4.86. The Balaban J connectivity index is 2.17. The fraction of sp³-hybridized carbons (Fsp3) is 0.909. The van der Waals surface area contributed by atoms with Crippen LogP contribution in [-0.2, 0) is 4.79 Å². The second kappa shape index (κ2) is 5.47. The molecule has 0 radical (unpaired) electrons. The van der Waals surface area contributed by atoms with Crippen molar-refractivity contribution in [1.29, 1.82) is 0 Å². The van der Waals surface area contributed by atoms with E-state index >= 15 is 0 Å². The minimum Gasteiger partial charge on any atom is -0.369 e. The predicted octanol–water partition coefficient (Wildman–Crippen LogP) is 0.0871. The van der Waals surface area contributed by atoms with Crippen LogP contribution in [0.3, 0.4) is 0 Å². The van der Waals surface area contributed by atoms with Crippen LogP contribution < -0.4 is 16.4 Å². The first-order chi connectivity index (χ1) is 7.02. The molecule has 0 saturated carbocycles. The topological polar surface area (TPSA) is 67.2 Å². The van der Waals surface area contributed by atoms with E-state index in [-0.39, 0.29) is 5.91 Å². The van der Waals surface area contributed by atoms with Gasteiger partial charge in [-0.3, -0.25) is 4.79 Å². The van der Waals surface area contributed by atoms with Crippen molar-refractivity contribution in [3.05, 3.63) is 0 Å². The van der Waals surface area contributed by atoms with E-state index < -0.39 is 5.41 Å². The molecule has 4 N–H and O–H groups in total. The standard InChI is InChI=1S/C11H23N3O/c1-11(2,10(12)15)8-14-7-9-3-5-13-6-4-9/h9,13-14H,3-8H2,1-2H3,(H2,12,15). The highest BCUT2D eigenvalue weighted by molar-refractivity contribution is 5.80. The molecule has 0 aliphatic carbocycles. The SMILES string of the molecule is CC(C)(CNCC1CCNCC1)C(N)=O. The van der Waals surface area contributed by atoms with Gasteiger partial charge in [-0.25, -0.2) is 0 Å². The van der Waals surface area contributed by atoms with Crippen molar-refractivity contribution in [1.82, 2.24) is 10.6 Å². The molecule has 1 heterocycles. The van der Waals surface area contributed by atoms with Crippen LogP contribution in [0.25, 0.3) is 0 Å². The molecule has 1 rings (SSSR count). The fourth-order valence-electron chi connectivity index (χ4n) is 1.76. The van der Waals surface area contributed by atoms with Gasteiger partial charge in [-0.05, 0) is 52.2 Å². The number of piperidine rings is 1. The van der Waals surface area contributed by atoms with Gasteiger partial charge in [0, 0.05) is 6.54 Å². The molecule has 1 aliphatic heterocycles. The van der Waals surface area contributed by atoms with E-state index in [4.69, 9.17) is 5.73 Å². The van der Waals surface area contributed by atoms with Crippen LogP contribution in [0.4, 0.5) is 0 Å². The molecule has 4 nitrogen and oxygen atoms in total. The normalized spacial score (nSPS) is 19.1. The Hall–Kier alpha value is -0.610. The van der Waals surface area contributed by atoms with Gasteiger partial charge in [0.05, 0.1) is 5.41 Å². The average Bonchev–Trinajstić information content (AvgIpc) is 2.19. The number of carbonyl (C=O) groups is 1. The van der Waals surface area contributed by atoms with Crippen molar-refractivity contribution in [2.45, 2.75) is 26.7 Å². The van der Waals surface area contributed by atoms with Gasteiger partial charge in [0.25, 0.3) is 0 Å². The Bertz CT molecular complexity index is 210. The Morgan fingerprint density at radius 2 is 2.07 bits per heavy atom. The summed E-state index contributed by atoms with van der Waals surface area (Å²) in [6, 6.07) is 0. The minimum absolute atomic E-state index is 0.236. The van der Waals surface area contributed by atoms with Crippen LogP contribution in [0.5, 0.6) is 0 Å². The van der Waals surface area contributed by atoms with Gasteiger partial charge < -0.3 is 16.4 Å². The fourth-order valence-corrected chi connectivity index (χ4v) is 1.76. The zero-order chi connectivity index (χ0) is 11.3. The minimum atomic E-state index is -0.438. The molecule has 1 saturated heterocycles. The molecule has 4 heteroatoms. The van der Waals surface area contributed by atoms with Gasteiger partial charge in [0.2, 0.25) is 5.91 Å². The van der Waals surface area contributed by atoms with Gasteiger partial charge in [0.15, 0.2) is 0 Å². The van der Waals surface area contributed by atoms with Crippen molar-refractivity contribution in [2.75, 3.05) is 26.2 Å². The second-order valence-electron chi connectivity index (χ2n) is 5.07. The molecule has 0 atom stereocenters. The lowest BCUT2D eigenvalue weighted by atomic mass is 9.92. The van der Waals surface area contributed by atoms with E-state index in [1.165, 1.54) is 12.8 Å². The van der Waals surface area contributed by atoms with Gasteiger partial charge in [-0.15, -0.1) is 0 Å². The Kier molecular flexibility index (Phi) is 4.54. The lowest BCUT2D eigenvalue weighted by molar-refractivity contribution is -0.125. The maximum absolute atomic E-state index is 11.1. The third-order valence-electron chi connectivity index (χ3n) is 3.13. The molecule has 1 fully saturated rings. The summed E-state index contributed by atoms with van der Waals surface area (Å²) in [5.74, 6) is 0.509. The highest BCUT2D eigenvalue weighted by Crippen LogP contribution is 2.14. The number of primary amides is 1. The lowest BCUT2D eigenvalue weighted by Gasteiger charge is -2.26. The van der Waals surface area contributed by atoms with Crippen molar-refractivity contribution in [2.24, 2.45) is 17.1 Å². The van der Waals surface area contributed by atoms with Crippen LogP contribution in [0.1, 0.15) is 26.7 Å². The van der Waals surface area contributed by atoms with E-state index in [0.29, 0.717) is 6.54 Å². The van der Waals surface area contributed by atoms with Crippen molar-refractivity contribution in [3.8, 4) is 0 Å². The van der Waals surface area contributed by atoms with Gasteiger partial charge >= 0.3 is 0 Å². The summed E-state index contributed by atoms with van der Waals surface area (Å²) in [6.07, 6.45) is 2.45. The zero-order valence-electron chi connectivity index (χ0n) is 9.81. The highest BCUT2D eigenvalue weighted by Gasteiger charge is 2.24. The number of nitrogens with two attached hydrogens (primary N) is 1. The summed E-state index contributed by atoms with van der Waals surface area (Å²) >= 11 is 0. The monoisotopic (exact) mass is 213 g/mol. The molecule has 1 aliphatic rings. The quantitative estimate of drug-likeness (QED) is 0.606. The molecular weight excluding hydrogens is 190 g/mol. The maximum Gasteiger partial charge on any atom is 0.224 e. The number of nitrogens with one attached hydrogen (secondary N) is 2. The molecule has 0 spiro atoms. The lowest BCUT2D eigenvalue weighted by Crippen LogP contribution is -2.42. The maximum atomic E-state index is 11.1. The van der Waals surface area contributed by atoms with E-state index in [1.54, 1.807) is 0 Å². The predicted molar refractivity (Wildman–Crippen MR) is 61.4 cm³/mol. The first kappa shape index (κ1) is 12.5. The molecule has 0 unspecified atom stereocenters. The van der Waals surface area contributed by atoms with Crippen LogP contribution in [-0.4, -0.2) is 32.1 Å². The van der Waals surface area contributed by atoms with Crippen LogP contribution in [0.15, 0.2) is 0 Å². The summed E-state index contributed by atoms with van der Waals surface area (Å²) < 4.78 is 0. The first-order valence-corrected chi connectivity index (χ1v) is 5.74. The molecule has 0 aromatic rings. The van der Waals surface area contributed by atoms with Gasteiger partial charge in [-0.2, -0.15) is 0 Å². The van der Waals surface area contributed by atoms with Crippen molar-refractivity contribution < 1.29 is 4.79 Å². The van der Waals surface area contributed by atoms with Crippen LogP contribution >= 0.6 is 0 Å². The Morgan fingerprint density at radius 3 is 2.60 bits per heavy atom. The van der Waals surface area contributed by atoms with E-state index in [0.717, 1.165) is 25.6 Å². The number of hydrogen-bond donors (Lipinski definition) is 3. The Labute approximate surface area is 92.0 Å². The van der Waals surface area contributed by atoms with Crippen LogP contribution in [0, 0.1) is 11.3 Å². The van der Waals surface area contributed by atoms with Gasteiger partial charge in [-0.1, -0.05) is 0 Å². The highest BCUT2D eigenvalue weighted by atomic mass is 16.1. The van der Waals surface area contributed by atoms with Crippen LogP contribution in [0.2, 0.25) is 0 Å². The molecule has 88 valence electrons. The number of rotatable bonds is 5. The third-order valence-corrected chi connectivity index (χ3v) is 3.13. The molecular formula is C11H23N3O. The molecule has 0 aromatic heterocycles. The third kappa shape index (κ3) is 4.18. The smallest absolute Gasteiger partial charge is 0.224 e. The summed E-state index contributed by atoms with van der Waals surface area (Å²) in [5, 5.41) is 6.69. The van der Waals surface area contributed by atoms with Gasteiger partial charge in [0.1, 0.15) is 0 Å². The molecule has 15 heavy (non-hydrogen) atoms. The van der Waals surface area contributed by atoms with E-state index in [1.807, 2.05) is 13.8 Å². The first-order valence-electron chi connectivity index (χ1n) is 5.74. The number of amides is 1. The molecule has 1 amide bonds. The zero-order valence-corrected chi connectivity index (χ0v) is 9.81. The summed E-state index contributed by atoms with van der Waals surface area (Å²) in [6.45, 7) is 7.66. The average molecular weight is 213 g/mol. The molecule has 0 bridgehead atoms. The van der Waals surface area contributed by atoms with E-state index in [2.05, 4.69) is 10.6 Å². The summed E-state index contributed by atoms with van der Waals surface area (Å²) in [7, 11) is 0. The molecule has 0 aromatic carbocycles. The van der Waals surface area contributed by atoms with Crippen molar-refractivity contribution in [3.63, 3.8) is 0 Å². The second-order valence-corrected chi connectivity index (χ2v) is 5.07. The Morgan fingerprint density at radius 1 is 1.47 bits per heavy atom. The van der Waals surface area contributed by atoms with Crippen molar-refractivity contribution >= 4 is 5.91 Å². The number of hydrogen-bond acceptors (Lipinski definition) is 3. The number of carbonyl (C=O) groups excluding carboxylic acids is 1. The largest absolute Gasteiger partial charge is 0.369 e. The summed E-state index contributed by atoms with van der Waals surface area (Å²) in [4.78, 5) is 11.1.